The lowest BCUT2D eigenvalue weighted by Crippen LogP contribution is -2.01. The van der Waals surface area contributed by atoms with Crippen molar-refractivity contribution in [3.8, 4) is 0 Å². The highest BCUT2D eigenvalue weighted by atomic mass is 35.5. The van der Waals surface area contributed by atoms with Crippen molar-refractivity contribution in [2.24, 2.45) is 0 Å². The van der Waals surface area contributed by atoms with E-state index in [9.17, 15) is 0 Å². The monoisotopic (exact) mass is 319 g/mol. The van der Waals surface area contributed by atoms with Crippen LogP contribution < -0.4 is 5.32 Å². The van der Waals surface area contributed by atoms with Gasteiger partial charge in [0, 0.05) is 6.04 Å². The van der Waals surface area contributed by atoms with E-state index in [0.29, 0.717) is 16.1 Å². The molecule has 0 unspecified atom stereocenters. The van der Waals surface area contributed by atoms with Gasteiger partial charge in [-0.25, -0.2) is 4.98 Å². The number of nitrogens with zero attached hydrogens (tertiary/aromatic N) is 1. The van der Waals surface area contributed by atoms with Crippen molar-refractivity contribution < 1.29 is 0 Å². The molecule has 21 heavy (non-hydrogen) atoms. The summed E-state index contributed by atoms with van der Waals surface area (Å²) in [6, 6.07) is 15.9. The van der Waals surface area contributed by atoms with Gasteiger partial charge in [0.05, 0.1) is 21.1 Å². The number of aromatic nitrogens is 2. The van der Waals surface area contributed by atoms with Crippen LogP contribution in [0, 0.1) is 0 Å². The molecule has 1 heterocycles. The molecule has 0 spiro atoms. The van der Waals surface area contributed by atoms with Gasteiger partial charge in [-0.15, -0.1) is 0 Å². The zero-order valence-corrected chi connectivity index (χ0v) is 12.8. The van der Waals surface area contributed by atoms with E-state index in [0.717, 1.165) is 17.0 Å². The molecule has 4 rings (SSSR count). The molecule has 0 saturated heterocycles. The normalized spacial score (nSPS) is 13.6. The molecule has 0 radical (unpaired) electrons. The molecule has 0 aliphatic heterocycles. The van der Waals surface area contributed by atoms with Crippen molar-refractivity contribution in [1.82, 2.24) is 9.97 Å². The lowest BCUT2D eigenvalue weighted by atomic mass is 10.3. The quantitative estimate of drug-likeness (QED) is 0.687. The number of halogens is 2. The van der Waals surface area contributed by atoms with E-state index in [1.807, 2.05) is 36.4 Å². The molecule has 1 fully saturated rings. The van der Waals surface area contributed by atoms with Crippen LogP contribution in [-0.4, -0.2) is 16.0 Å². The maximum absolute atomic E-state index is 5.58. The first-order valence-corrected chi connectivity index (χ1v) is 7.59. The summed E-state index contributed by atoms with van der Waals surface area (Å²) in [5.74, 6) is 0.906. The molecule has 108 valence electrons. The van der Waals surface area contributed by atoms with Gasteiger partial charge in [0.1, 0.15) is 0 Å². The Balaban J connectivity index is 0.000000143. The highest BCUT2D eigenvalue weighted by Crippen LogP contribution is 2.24. The van der Waals surface area contributed by atoms with Crippen LogP contribution in [0.2, 0.25) is 10.0 Å². The number of benzene rings is 2. The van der Waals surface area contributed by atoms with Gasteiger partial charge in [-0.1, -0.05) is 47.5 Å². The van der Waals surface area contributed by atoms with Gasteiger partial charge in [0.2, 0.25) is 5.95 Å². The molecule has 0 amide bonds. The molecule has 1 aliphatic rings. The number of rotatable bonds is 2. The third-order valence-electron chi connectivity index (χ3n) is 3.13. The van der Waals surface area contributed by atoms with Crippen LogP contribution in [-0.2, 0) is 0 Å². The van der Waals surface area contributed by atoms with E-state index in [2.05, 4.69) is 15.3 Å². The van der Waals surface area contributed by atoms with E-state index < -0.39 is 0 Å². The maximum atomic E-state index is 5.58. The number of hydrogen-bond donors (Lipinski definition) is 2. The number of imidazole rings is 1. The zero-order chi connectivity index (χ0) is 14.7. The van der Waals surface area contributed by atoms with E-state index in [1.54, 1.807) is 12.1 Å². The average Bonchev–Trinajstić information content (AvgIpc) is 3.19. The van der Waals surface area contributed by atoms with E-state index in [4.69, 9.17) is 23.2 Å². The van der Waals surface area contributed by atoms with Crippen molar-refractivity contribution in [1.29, 1.82) is 0 Å². The Morgan fingerprint density at radius 2 is 1.57 bits per heavy atom. The molecule has 0 bridgehead atoms. The molecule has 5 heteroatoms. The summed E-state index contributed by atoms with van der Waals surface area (Å²) in [5, 5.41) is 4.55. The molecule has 1 saturated carbocycles. The van der Waals surface area contributed by atoms with Crippen LogP contribution in [0.1, 0.15) is 12.8 Å². The molecule has 0 atom stereocenters. The van der Waals surface area contributed by atoms with Gasteiger partial charge in [0.25, 0.3) is 0 Å². The van der Waals surface area contributed by atoms with Gasteiger partial charge in [-0.05, 0) is 37.1 Å². The van der Waals surface area contributed by atoms with Gasteiger partial charge in [-0.2, -0.15) is 0 Å². The van der Waals surface area contributed by atoms with Crippen LogP contribution >= 0.6 is 23.2 Å². The summed E-state index contributed by atoms with van der Waals surface area (Å²) in [5.41, 5.74) is 2.14. The van der Waals surface area contributed by atoms with Gasteiger partial charge in [0.15, 0.2) is 0 Å². The summed E-state index contributed by atoms with van der Waals surface area (Å²) >= 11 is 11.2. The Bertz CT molecular complexity index is 681. The van der Waals surface area contributed by atoms with Crippen molar-refractivity contribution in [2.45, 2.75) is 18.9 Å². The summed E-state index contributed by atoms with van der Waals surface area (Å²) < 4.78 is 0. The fourth-order valence-corrected chi connectivity index (χ4v) is 2.15. The Morgan fingerprint density at radius 3 is 2.14 bits per heavy atom. The largest absolute Gasteiger partial charge is 0.353 e. The minimum atomic E-state index is 0.606. The van der Waals surface area contributed by atoms with Gasteiger partial charge in [-0.3, -0.25) is 0 Å². The second-order valence-corrected chi connectivity index (χ2v) is 5.75. The minimum absolute atomic E-state index is 0.606. The number of nitrogens with one attached hydrogen (secondary N) is 2. The Labute approximate surface area is 133 Å². The summed E-state index contributed by atoms with van der Waals surface area (Å²) in [7, 11) is 0. The van der Waals surface area contributed by atoms with Gasteiger partial charge >= 0.3 is 0 Å². The van der Waals surface area contributed by atoms with Gasteiger partial charge < -0.3 is 10.3 Å². The first-order chi connectivity index (χ1) is 10.2. The first-order valence-electron chi connectivity index (χ1n) is 6.84. The van der Waals surface area contributed by atoms with E-state index in [1.165, 1.54) is 12.8 Å². The number of H-pyrrole nitrogens is 1. The number of aromatic amines is 1. The summed E-state index contributed by atoms with van der Waals surface area (Å²) in [6.45, 7) is 0. The standard InChI is InChI=1S/C10H11N3.C6H4Cl2/c1-2-4-9-8(3-1)12-10(13-9)11-7-5-6-7;7-5-3-1-2-4-6(5)8/h1-4,7H,5-6H2,(H2,11,12,13);1-4H. The lowest BCUT2D eigenvalue weighted by molar-refractivity contribution is 1.10. The summed E-state index contributed by atoms with van der Waals surface area (Å²) in [4.78, 5) is 7.67. The Kier molecular flexibility index (Phi) is 4.32. The third kappa shape index (κ3) is 3.90. The van der Waals surface area contributed by atoms with Crippen molar-refractivity contribution in [3.63, 3.8) is 0 Å². The van der Waals surface area contributed by atoms with Crippen molar-refractivity contribution in [2.75, 3.05) is 5.32 Å². The second-order valence-electron chi connectivity index (χ2n) is 4.94. The summed E-state index contributed by atoms with van der Waals surface area (Å²) in [6.07, 6.45) is 2.55. The molecular formula is C16H15Cl2N3. The third-order valence-corrected chi connectivity index (χ3v) is 3.89. The van der Waals surface area contributed by atoms with E-state index >= 15 is 0 Å². The minimum Gasteiger partial charge on any atom is -0.353 e. The lowest BCUT2D eigenvalue weighted by Gasteiger charge is -1.95. The second kappa shape index (κ2) is 6.37. The molecule has 2 N–H and O–H groups in total. The number of anilines is 1. The first kappa shape index (κ1) is 14.2. The average molecular weight is 320 g/mol. The Morgan fingerprint density at radius 1 is 0.952 bits per heavy atom. The number of fused-ring (bicyclic) bond motifs is 1. The van der Waals surface area contributed by atoms with Crippen LogP contribution in [0.3, 0.4) is 0 Å². The number of para-hydroxylation sites is 2. The van der Waals surface area contributed by atoms with E-state index in [-0.39, 0.29) is 0 Å². The highest BCUT2D eigenvalue weighted by Gasteiger charge is 2.21. The Hall–Kier alpha value is -1.71. The molecule has 2 aromatic carbocycles. The molecular weight excluding hydrogens is 305 g/mol. The van der Waals surface area contributed by atoms with Crippen LogP contribution in [0.15, 0.2) is 48.5 Å². The predicted octanol–water partition coefficient (Wildman–Crippen LogP) is 5.13. The van der Waals surface area contributed by atoms with Crippen molar-refractivity contribution in [3.05, 3.63) is 58.6 Å². The zero-order valence-electron chi connectivity index (χ0n) is 11.3. The number of hydrogen-bond acceptors (Lipinski definition) is 2. The smallest absolute Gasteiger partial charge is 0.201 e. The molecule has 1 aliphatic carbocycles. The van der Waals surface area contributed by atoms with Crippen LogP contribution in [0.25, 0.3) is 11.0 Å². The van der Waals surface area contributed by atoms with Crippen molar-refractivity contribution >= 4 is 40.2 Å². The fraction of sp³-hybridized carbons (Fsp3) is 0.188. The molecule has 1 aromatic heterocycles. The molecule has 3 aromatic rings. The predicted molar refractivity (Wildman–Crippen MR) is 89.2 cm³/mol. The topological polar surface area (TPSA) is 40.7 Å². The fourth-order valence-electron chi connectivity index (χ4n) is 1.88. The molecule has 3 nitrogen and oxygen atoms in total. The highest BCUT2D eigenvalue weighted by molar-refractivity contribution is 6.41. The van der Waals surface area contributed by atoms with Crippen LogP contribution in [0.4, 0.5) is 5.95 Å². The SMILES string of the molecule is Clc1ccccc1Cl.c1ccc2[nH]c(NC3CC3)nc2c1. The maximum Gasteiger partial charge on any atom is 0.201 e. The van der Waals surface area contributed by atoms with Crippen LogP contribution in [0.5, 0.6) is 0 Å².